The van der Waals surface area contributed by atoms with Crippen molar-refractivity contribution in [3.8, 4) is 0 Å². The third kappa shape index (κ3) is 39.5. The van der Waals surface area contributed by atoms with Crippen molar-refractivity contribution in [1.29, 1.82) is 0 Å². The van der Waals surface area contributed by atoms with Gasteiger partial charge in [-0.2, -0.15) is 0 Å². The van der Waals surface area contributed by atoms with Crippen molar-refractivity contribution < 1.29 is 10.5 Å². The lowest BCUT2D eigenvalue weighted by atomic mass is 14.6. The molecule has 4 nitrogen and oxygen atoms in total. The van der Waals surface area contributed by atoms with Crippen LogP contribution < -0.4 is 10.5 Å². The molecule has 0 radical (unpaired) electrons. The van der Waals surface area contributed by atoms with Gasteiger partial charge in [-0.05, 0) is 11.0 Å². The van der Waals surface area contributed by atoms with Crippen molar-refractivity contribution >= 4 is 11.0 Å². The van der Waals surface area contributed by atoms with Gasteiger partial charge >= 0.3 is 0 Å². The number of hydrogen-bond acceptors (Lipinski definition) is 2. The third-order valence-electron chi connectivity index (χ3n) is 0.0278. The van der Waals surface area contributed by atoms with Crippen LogP contribution in [-0.4, -0.2) is 11.0 Å². The Hall–Kier alpha value is -0.583. The molecule has 5 heteroatoms. The van der Waals surface area contributed by atoms with Crippen LogP contribution in [0.25, 0.3) is 0 Å². The molecule has 5 heavy (non-hydrogen) atoms. The molecule has 0 saturated heterocycles. The summed E-state index contributed by atoms with van der Waals surface area (Å²) in [4.78, 5) is 0. The summed E-state index contributed by atoms with van der Waals surface area (Å²) >= 11 is 0. The van der Waals surface area contributed by atoms with E-state index >= 15 is 0 Å². The standard InChI is InChI=1S/O4.H4Si/c1-3-4-2;/h;1H4. The molecule has 0 atom stereocenters. The van der Waals surface area contributed by atoms with E-state index in [1.807, 2.05) is 0 Å². The fourth-order valence-corrected chi connectivity index (χ4v) is 0. The maximum absolute atomic E-state index is 8.26. The topological polar surface area (TPSA) is 68.7 Å². The molecule has 0 rings (SSSR count). The van der Waals surface area contributed by atoms with Gasteiger partial charge in [0, 0.05) is 20.0 Å². The third-order valence-corrected chi connectivity index (χ3v) is 0.0278. The Bertz CT molecular complexity index is 18.8. The Morgan fingerprint density at radius 1 is 1.00 bits per heavy atom. The normalized spacial score (nSPS) is 7.20. The minimum absolute atomic E-state index is 0. The zero-order valence-corrected chi connectivity index (χ0v) is 1.63. The first-order valence-electron chi connectivity index (χ1n) is 0.500. The summed E-state index contributed by atoms with van der Waals surface area (Å²) in [6, 6.07) is 0. The van der Waals surface area contributed by atoms with Gasteiger partial charge in [0.05, 0.1) is 0 Å². The van der Waals surface area contributed by atoms with E-state index in [-0.39, 0.29) is 11.0 Å². The van der Waals surface area contributed by atoms with Crippen molar-refractivity contribution in [3.63, 3.8) is 0 Å². The monoisotopic (exact) mass is 96.0 g/mol. The first-order chi connectivity index (χ1) is 1.91. The van der Waals surface area contributed by atoms with Gasteiger partial charge in [-0.3, -0.25) is 0 Å². The van der Waals surface area contributed by atoms with E-state index < -0.39 is 0 Å². The minimum Gasteiger partial charge on any atom is -0.0149 e. The molecule has 0 aromatic heterocycles. The van der Waals surface area contributed by atoms with E-state index in [0.717, 1.165) is 0 Å². The predicted octanol–water partition coefficient (Wildman–Crippen LogP) is -3.76. The second-order valence-corrected chi connectivity index (χ2v) is 0.136. The highest BCUT2D eigenvalue weighted by atomic mass is 28.1. The molecule has 0 aliphatic rings. The van der Waals surface area contributed by atoms with Crippen LogP contribution in [0.15, 0.2) is 0 Å². The van der Waals surface area contributed by atoms with Gasteiger partial charge in [0.15, 0.2) is 0 Å². The summed E-state index contributed by atoms with van der Waals surface area (Å²) in [5.74, 6) is 0. The van der Waals surface area contributed by atoms with Gasteiger partial charge in [-0.1, -0.05) is 0 Å². The molecule has 0 heterocycles. The van der Waals surface area contributed by atoms with Crippen molar-refractivity contribution in [1.82, 2.24) is 0 Å². The summed E-state index contributed by atoms with van der Waals surface area (Å²) in [5, 5.41) is 16.5. The molecular weight excluding hydrogens is 92.1 g/mol. The lowest BCUT2D eigenvalue weighted by Gasteiger charge is -1.41. The van der Waals surface area contributed by atoms with Crippen LogP contribution >= 0.6 is 0 Å². The molecule has 0 aliphatic heterocycles. The molecule has 0 bridgehead atoms. The fraction of sp³-hybridized carbons (Fsp3) is 0. The average Bonchev–Trinajstić information content (AvgIpc) is 1.37. The highest BCUT2D eigenvalue weighted by Gasteiger charge is 1.42. The molecule has 0 unspecified atom stereocenters. The Labute approximate surface area is 32.2 Å². The number of rotatable bonds is 0. The molecule has 0 aliphatic carbocycles. The maximum Gasteiger partial charge on any atom is 0 e. The van der Waals surface area contributed by atoms with Gasteiger partial charge < -0.3 is 0 Å². The lowest BCUT2D eigenvalue weighted by Crippen LogP contribution is -1.96. The molecule has 0 aromatic rings. The summed E-state index contributed by atoms with van der Waals surface area (Å²) < 4.78 is 4.47. The van der Waals surface area contributed by atoms with Crippen LogP contribution in [0.4, 0.5) is 0 Å². The van der Waals surface area contributed by atoms with Crippen LogP contribution in [0, 0.1) is 9.49 Å². The molecule has 0 saturated carbocycles. The molecule has 32 valence electrons. The van der Waals surface area contributed by atoms with Crippen molar-refractivity contribution in [2.45, 2.75) is 0 Å². The second kappa shape index (κ2) is 9.94. The Kier molecular flexibility index (Phi) is 17.6. The fourth-order valence-electron chi connectivity index (χ4n) is 0. The molecular formula is H4O4Si. The van der Waals surface area contributed by atoms with Gasteiger partial charge in [-0.15, -0.1) is 0 Å². The molecule has 0 spiro atoms. The highest BCUT2D eigenvalue weighted by Crippen LogP contribution is 1.17. The maximum atomic E-state index is 8.26. The van der Waals surface area contributed by atoms with Gasteiger partial charge in [-0.25, -0.2) is 0 Å². The van der Waals surface area contributed by atoms with Crippen LogP contribution in [0.3, 0.4) is 0 Å². The average molecular weight is 96.1 g/mol. The van der Waals surface area contributed by atoms with E-state index in [4.69, 9.17) is 10.5 Å². The van der Waals surface area contributed by atoms with Gasteiger partial charge in [0.25, 0.3) is 0 Å². The van der Waals surface area contributed by atoms with E-state index in [2.05, 4.69) is 9.49 Å². The minimum atomic E-state index is 0. The van der Waals surface area contributed by atoms with Gasteiger partial charge in [0.1, 0.15) is 0 Å². The van der Waals surface area contributed by atoms with Crippen molar-refractivity contribution in [2.75, 3.05) is 0 Å². The summed E-state index contributed by atoms with van der Waals surface area (Å²) in [5.41, 5.74) is 0. The predicted molar refractivity (Wildman–Crippen MR) is 18.1 cm³/mol. The first kappa shape index (κ1) is 8.83. The zero-order valence-electron chi connectivity index (χ0n) is 1.63. The van der Waals surface area contributed by atoms with E-state index in [1.165, 1.54) is 0 Å². The van der Waals surface area contributed by atoms with Crippen LogP contribution in [0.1, 0.15) is 0 Å². The summed E-state index contributed by atoms with van der Waals surface area (Å²) in [7, 11) is 0. The lowest BCUT2D eigenvalue weighted by molar-refractivity contribution is -0.334. The largest absolute Gasteiger partial charge is 0.0149 e. The van der Waals surface area contributed by atoms with E-state index in [9.17, 15) is 0 Å². The Morgan fingerprint density at radius 3 is 1.20 bits per heavy atom. The number of hydrogen-bond donors (Lipinski definition) is 0. The van der Waals surface area contributed by atoms with Crippen molar-refractivity contribution in [3.05, 3.63) is 9.49 Å². The molecule has 0 fully saturated rings. The Morgan fingerprint density at radius 2 is 1.20 bits per heavy atom. The second-order valence-electron chi connectivity index (χ2n) is 0.136. The Balaban J connectivity index is 0. The van der Waals surface area contributed by atoms with Crippen LogP contribution in [0.5, 0.6) is 0 Å². The molecule has 0 amide bonds. The van der Waals surface area contributed by atoms with E-state index in [0.29, 0.717) is 0 Å². The quantitative estimate of drug-likeness (QED) is 0.134. The summed E-state index contributed by atoms with van der Waals surface area (Å²) in [6.07, 6.45) is 0. The van der Waals surface area contributed by atoms with Crippen molar-refractivity contribution in [2.24, 2.45) is 0 Å². The highest BCUT2D eigenvalue weighted by molar-refractivity contribution is 5.75. The first-order valence-corrected chi connectivity index (χ1v) is 0.500. The van der Waals surface area contributed by atoms with E-state index in [1.54, 1.807) is 0 Å². The van der Waals surface area contributed by atoms with Crippen LogP contribution in [0.2, 0.25) is 0 Å². The van der Waals surface area contributed by atoms with Gasteiger partial charge in [0.2, 0.25) is 0 Å². The smallest absolute Gasteiger partial charge is 0 e. The molecule has 0 N–H and O–H groups in total. The summed E-state index contributed by atoms with van der Waals surface area (Å²) in [6.45, 7) is 0. The van der Waals surface area contributed by atoms with Crippen LogP contribution in [-0.2, 0) is 0 Å². The molecule has 0 aromatic carbocycles. The zero-order chi connectivity index (χ0) is 3.41. The SMILES string of the molecule is [O-][O+]=[O+][O-].[SiH4].